The molecule has 0 amide bonds. The molecule has 0 aliphatic heterocycles. The summed E-state index contributed by atoms with van der Waals surface area (Å²) in [5.74, 6) is 1.85. The molecule has 0 bridgehead atoms. The van der Waals surface area contributed by atoms with Crippen LogP contribution in [0.15, 0.2) is 41.5 Å². The average molecular weight is 363 g/mol. The molecular weight excluding hydrogens is 346 g/mol. The number of rotatable bonds is 5. The Kier molecular flexibility index (Phi) is 3.56. The Hall–Kier alpha value is -3.42. The normalized spacial score (nSPS) is 14.0. The lowest BCUT2D eigenvalue weighted by atomic mass is 10.2. The zero-order valence-electron chi connectivity index (χ0n) is 14.7. The van der Waals surface area contributed by atoms with E-state index in [1.54, 1.807) is 30.1 Å². The number of H-pyrrole nitrogens is 1. The maximum Gasteiger partial charge on any atom is 0.332 e. The quantitative estimate of drug-likeness (QED) is 0.585. The highest BCUT2D eigenvalue weighted by Gasteiger charge is 2.23. The maximum absolute atomic E-state index is 12.7. The molecule has 4 aromatic rings. The van der Waals surface area contributed by atoms with Crippen molar-refractivity contribution >= 4 is 22.1 Å². The van der Waals surface area contributed by atoms with Crippen molar-refractivity contribution in [1.29, 1.82) is 0 Å². The van der Waals surface area contributed by atoms with Gasteiger partial charge in [0.1, 0.15) is 17.0 Å². The number of pyridine rings is 1. The Morgan fingerprint density at radius 3 is 2.96 bits per heavy atom. The Morgan fingerprint density at radius 2 is 2.15 bits per heavy atom. The SMILES string of the molecule is COc1cnnc2ccc(-n3c(=O)[nH]c4nccc(OCC5CC5)c43)cc12. The van der Waals surface area contributed by atoms with Crippen molar-refractivity contribution in [1.82, 2.24) is 24.7 Å². The van der Waals surface area contributed by atoms with Crippen LogP contribution in [0, 0.1) is 5.92 Å². The van der Waals surface area contributed by atoms with Gasteiger partial charge in [-0.2, -0.15) is 10.2 Å². The molecule has 8 nitrogen and oxygen atoms in total. The van der Waals surface area contributed by atoms with Gasteiger partial charge in [0.25, 0.3) is 0 Å². The summed E-state index contributed by atoms with van der Waals surface area (Å²) in [7, 11) is 1.58. The number of methoxy groups -OCH3 is 1. The molecule has 1 aromatic carbocycles. The molecule has 0 radical (unpaired) electrons. The number of aromatic amines is 1. The number of benzene rings is 1. The number of ether oxygens (including phenoxy) is 2. The molecule has 5 rings (SSSR count). The molecule has 1 N–H and O–H groups in total. The van der Waals surface area contributed by atoms with Crippen LogP contribution in [0.4, 0.5) is 0 Å². The summed E-state index contributed by atoms with van der Waals surface area (Å²) < 4.78 is 12.9. The van der Waals surface area contributed by atoms with Crippen LogP contribution < -0.4 is 15.2 Å². The lowest BCUT2D eigenvalue weighted by Crippen LogP contribution is -2.15. The first kappa shape index (κ1) is 15.8. The molecule has 0 unspecified atom stereocenters. The molecule has 8 heteroatoms. The average Bonchev–Trinajstić information content (AvgIpc) is 3.46. The molecule has 3 heterocycles. The van der Waals surface area contributed by atoms with Gasteiger partial charge in [-0.3, -0.25) is 9.55 Å². The third-order valence-electron chi connectivity index (χ3n) is 4.77. The van der Waals surface area contributed by atoms with E-state index in [0.29, 0.717) is 46.4 Å². The van der Waals surface area contributed by atoms with E-state index in [-0.39, 0.29) is 5.69 Å². The first-order valence-electron chi connectivity index (χ1n) is 8.77. The van der Waals surface area contributed by atoms with Crippen LogP contribution >= 0.6 is 0 Å². The highest BCUT2D eigenvalue weighted by molar-refractivity contribution is 5.87. The molecule has 1 fully saturated rings. The predicted octanol–water partition coefficient (Wildman–Crippen LogP) is 2.45. The highest BCUT2D eigenvalue weighted by Crippen LogP contribution is 2.32. The van der Waals surface area contributed by atoms with Gasteiger partial charge >= 0.3 is 5.69 Å². The van der Waals surface area contributed by atoms with Crippen molar-refractivity contribution in [3.8, 4) is 17.2 Å². The van der Waals surface area contributed by atoms with Gasteiger partial charge in [-0.25, -0.2) is 9.78 Å². The summed E-state index contributed by atoms with van der Waals surface area (Å²) in [6.45, 7) is 0.652. The van der Waals surface area contributed by atoms with Crippen LogP contribution in [-0.2, 0) is 0 Å². The van der Waals surface area contributed by atoms with Gasteiger partial charge in [0.15, 0.2) is 5.65 Å². The fraction of sp³-hybridized carbons (Fsp3) is 0.263. The summed E-state index contributed by atoms with van der Waals surface area (Å²) in [5, 5.41) is 8.81. The molecule has 0 atom stereocenters. The van der Waals surface area contributed by atoms with Crippen LogP contribution in [0.5, 0.6) is 11.5 Å². The van der Waals surface area contributed by atoms with E-state index >= 15 is 0 Å². The van der Waals surface area contributed by atoms with Gasteiger partial charge in [0.05, 0.1) is 31.1 Å². The molecule has 27 heavy (non-hydrogen) atoms. The van der Waals surface area contributed by atoms with Crippen LogP contribution in [0.2, 0.25) is 0 Å². The maximum atomic E-state index is 12.7. The Bertz CT molecular complexity index is 1210. The molecule has 1 aliphatic rings. The fourth-order valence-electron chi connectivity index (χ4n) is 3.18. The molecule has 1 aliphatic carbocycles. The minimum atomic E-state index is -0.277. The van der Waals surface area contributed by atoms with Crippen molar-refractivity contribution in [2.75, 3.05) is 13.7 Å². The van der Waals surface area contributed by atoms with Gasteiger partial charge in [0.2, 0.25) is 0 Å². The first-order chi connectivity index (χ1) is 13.2. The van der Waals surface area contributed by atoms with Crippen LogP contribution in [0.3, 0.4) is 0 Å². The summed E-state index contributed by atoms with van der Waals surface area (Å²) >= 11 is 0. The molecule has 136 valence electrons. The van der Waals surface area contributed by atoms with Gasteiger partial charge in [-0.15, -0.1) is 0 Å². The zero-order valence-corrected chi connectivity index (χ0v) is 14.7. The molecule has 0 spiro atoms. The summed E-state index contributed by atoms with van der Waals surface area (Å²) in [6, 6.07) is 7.28. The number of nitrogens with zero attached hydrogens (tertiary/aromatic N) is 4. The van der Waals surface area contributed by atoms with Crippen molar-refractivity contribution in [2.45, 2.75) is 12.8 Å². The van der Waals surface area contributed by atoms with Crippen LogP contribution in [-0.4, -0.2) is 38.4 Å². The van der Waals surface area contributed by atoms with Crippen LogP contribution in [0.25, 0.3) is 27.8 Å². The number of imidazole rings is 1. The largest absolute Gasteiger partial charge is 0.494 e. The number of hydrogen-bond acceptors (Lipinski definition) is 6. The number of fused-ring (bicyclic) bond motifs is 2. The van der Waals surface area contributed by atoms with Crippen LogP contribution in [0.1, 0.15) is 12.8 Å². The first-order valence-corrected chi connectivity index (χ1v) is 8.77. The zero-order chi connectivity index (χ0) is 18.4. The van der Waals surface area contributed by atoms with Gasteiger partial charge in [-0.1, -0.05) is 0 Å². The Morgan fingerprint density at radius 1 is 1.26 bits per heavy atom. The van der Waals surface area contributed by atoms with Crippen molar-refractivity contribution in [2.24, 2.45) is 5.92 Å². The van der Waals surface area contributed by atoms with E-state index in [2.05, 4.69) is 20.2 Å². The Balaban J connectivity index is 1.71. The lowest BCUT2D eigenvalue weighted by Gasteiger charge is -2.10. The van der Waals surface area contributed by atoms with E-state index in [0.717, 1.165) is 5.39 Å². The van der Waals surface area contributed by atoms with Gasteiger partial charge in [0, 0.05) is 17.6 Å². The van der Waals surface area contributed by atoms with E-state index in [9.17, 15) is 4.79 Å². The lowest BCUT2D eigenvalue weighted by molar-refractivity contribution is 0.302. The van der Waals surface area contributed by atoms with E-state index in [4.69, 9.17) is 9.47 Å². The van der Waals surface area contributed by atoms with E-state index in [1.807, 2.05) is 18.2 Å². The van der Waals surface area contributed by atoms with Crippen molar-refractivity contribution < 1.29 is 9.47 Å². The second-order valence-corrected chi connectivity index (χ2v) is 6.64. The van der Waals surface area contributed by atoms with E-state index in [1.165, 1.54) is 12.8 Å². The molecule has 1 saturated carbocycles. The van der Waals surface area contributed by atoms with Crippen molar-refractivity contribution in [3.05, 3.63) is 47.1 Å². The minimum Gasteiger partial charge on any atom is -0.494 e. The van der Waals surface area contributed by atoms with Crippen molar-refractivity contribution in [3.63, 3.8) is 0 Å². The molecular formula is C19H17N5O3. The fourth-order valence-corrected chi connectivity index (χ4v) is 3.18. The van der Waals surface area contributed by atoms with E-state index < -0.39 is 0 Å². The summed E-state index contributed by atoms with van der Waals surface area (Å²) in [5.41, 5.74) is 2.21. The standard InChI is InChI=1S/C19H17N5O3/c1-26-16-9-21-23-14-5-4-12(8-13(14)16)24-17-15(27-10-11-2-3-11)6-7-20-18(17)22-19(24)25/h4-9,11H,2-3,10H2,1H3,(H,20,22,25). The summed E-state index contributed by atoms with van der Waals surface area (Å²) in [6.07, 6.45) is 5.58. The highest BCUT2D eigenvalue weighted by atomic mass is 16.5. The Labute approximate surface area is 153 Å². The molecule has 0 saturated heterocycles. The number of aromatic nitrogens is 5. The van der Waals surface area contributed by atoms with Gasteiger partial charge in [-0.05, 0) is 37.0 Å². The summed E-state index contributed by atoms with van der Waals surface area (Å²) in [4.78, 5) is 19.8. The topological polar surface area (TPSA) is 94.9 Å². The smallest absolute Gasteiger partial charge is 0.332 e. The third-order valence-corrected chi connectivity index (χ3v) is 4.77. The minimum absolute atomic E-state index is 0.277. The second-order valence-electron chi connectivity index (χ2n) is 6.64. The second kappa shape index (κ2) is 6.08. The number of hydrogen-bond donors (Lipinski definition) is 1. The monoisotopic (exact) mass is 363 g/mol. The predicted molar refractivity (Wildman–Crippen MR) is 99.6 cm³/mol. The molecule has 3 aromatic heterocycles. The number of nitrogens with one attached hydrogen (secondary N) is 1. The third kappa shape index (κ3) is 2.69. The van der Waals surface area contributed by atoms with Gasteiger partial charge < -0.3 is 9.47 Å².